The van der Waals surface area contributed by atoms with Crippen molar-refractivity contribution in [3.8, 4) is 0 Å². The number of nitrogens with two attached hydrogens (primary N) is 1. The Labute approximate surface area is 114 Å². The summed E-state index contributed by atoms with van der Waals surface area (Å²) in [6.45, 7) is 0.458. The third-order valence-electron chi connectivity index (χ3n) is 2.64. The van der Waals surface area contributed by atoms with Gasteiger partial charge in [0.25, 0.3) is 10.0 Å². The van der Waals surface area contributed by atoms with E-state index >= 15 is 0 Å². The molecule has 1 aromatic heterocycles. The second-order valence-electron chi connectivity index (χ2n) is 3.73. The monoisotopic (exact) mass is 310 g/mol. The Morgan fingerprint density at radius 3 is 2.82 bits per heavy atom. The van der Waals surface area contributed by atoms with Gasteiger partial charge in [0.2, 0.25) is 0 Å². The summed E-state index contributed by atoms with van der Waals surface area (Å²) in [5.41, 5.74) is 5.57. The van der Waals surface area contributed by atoms with Gasteiger partial charge in [-0.3, -0.25) is 0 Å². The molecule has 1 aliphatic rings. The van der Waals surface area contributed by atoms with Crippen LogP contribution < -0.4 is 5.73 Å². The van der Waals surface area contributed by atoms with E-state index in [2.05, 4.69) is 0 Å². The summed E-state index contributed by atoms with van der Waals surface area (Å²) in [4.78, 5) is 0.230. The van der Waals surface area contributed by atoms with Crippen molar-refractivity contribution < 1.29 is 8.42 Å². The van der Waals surface area contributed by atoms with E-state index in [9.17, 15) is 8.42 Å². The molecule has 0 radical (unpaired) electrons. The summed E-state index contributed by atoms with van der Waals surface area (Å²) in [5, 5.41) is 0. The molecule has 0 amide bonds. The average molecular weight is 311 g/mol. The highest BCUT2D eigenvalue weighted by molar-refractivity contribution is 7.91. The molecule has 0 bridgehead atoms. The number of nitrogens with zero attached hydrogens (tertiary/aromatic N) is 1. The van der Waals surface area contributed by atoms with Gasteiger partial charge in [-0.05, 0) is 25.0 Å². The zero-order valence-corrected chi connectivity index (χ0v) is 12.0. The fraction of sp³-hybridized carbons (Fsp3) is 0.444. The Hall–Kier alpha value is -0.210. The van der Waals surface area contributed by atoms with Gasteiger partial charge in [-0.1, -0.05) is 23.8 Å². The zero-order chi connectivity index (χ0) is 12.6. The van der Waals surface area contributed by atoms with Crippen LogP contribution in [-0.4, -0.2) is 30.3 Å². The van der Waals surface area contributed by atoms with Gasteiger partial charge < -0.3 is 5.73 Å². The quantitative estimate of drug-likeness (QED) is 0.865. The first-order valence-electron chi connectivity index (χ1n) is 4.99. The highest BCUT2D eigenvalue weighted by Gasteiger charge is 2.37. The van der Waals surface area contributed by atoms with Gasteiger partial charge in [0.15, 0.2) is 0 Å². The predicted molar refractivity (Wildman–Crippen MR) is 73.0 cm³/mol. The molecule has 17 heavy (non-hydrogen) atoms. The van der Waals surface area contributed by atoms with Crippen LogP contribution in [0.3, 0.4) is 0 Å². The van der Waals surface area contributed by atoms with E-state index in [0.29, 0.717) is 17.3 Å². The van der Waals surface area contributed by atoms with Gasteiger partial charge in [0.05, 0.1) is 15.4 Å². The Balaban J connectivity index is 2.36. The largest absolute Gasteiger partial charge is 0.392 e. The minimum atomic E-state index is -3.51. The summed E-state index contributed by atoms with van der Waals surface area (Å²) < 4.78 is 26.7. The van der Waals surface area contributed by atoms with Gasteiger partial charge in [0, 0.05) is 6.54 Å². The van der Waals surface area contributed by atoms with Crippen LogP contribution in [0.5, 0.6) is 0 Å². The van der Waals surface area contributed by atoms with Crippen LogP contribution in [0.4, 0.5) is 0 Å². The van der Waals surface area contributed by atoms with Gasteiger partial charge in [-0.25, -0.2) is 8.42 Å². The summed E-state index contributed by atoms with van der Waals surface area (Å²) in [6.07, 6.45) is 1.47. The van der Waals surface area contributed by atoms with E-state index in [-0.39, 0.29) is 15.2 Å². The van der Waals surface area contributed by atoms with Crippen LogP contribution in [0.1, 0.15) is 12.8 Å². The van der Waals surface area contributed by atoms with Gasteiger partial charge in [-0.2, -0.15) is 4.31 Å². The number of hydrogen-bond acceptors (Lipinski definition) is 4. The van der Waals surface area contributed by atoms with Crippen molar-refractivity contribution in [1.82, 2.24) is 4.31 Å². The third-order valence-corrected chi connectivity index (χ3v) is 6.52. The van der Waals surface area contributed by atoms with Crippen LogP contribution >= 0.6 is 35.2 Å². The van der Waals surface area contributed by atoms with Gasteiger partial charge in [0.1, 0.15) is 4.21 Å². The molecule has 0 saturated carbocycles. The Morgan fingerprint density at radius 1 is 1.59 bits per heavy atom. The lowest BCUT2D eigenvalue weighted by atomic mass is 10.2. The summed E-state index contributed by atoms with van der Waals surface area (Å²) in [7, 11) is -3.51. The molecule has 2 rings (SSSR count). The average Bonchev–Trinajstić information content (AvgIpc) is 2.84. The molecule has 1 saturated heterocycles. The van der Waals surface area contributed by atoms with Crippen molar-refractivity contribution in [2.45, 2.75) is 23.1 Å². The number of sulfonamides is 1. The molecular formula is C9H11ClN2O2S3. The lowest BCUT2D eigenvalue weighted by Crippen LogP contribution is -2.42. The minimum absolute atomic E-state index is 0.230. The minimum Gasteiger partial charge on any atom is -0.392 e. The van der Waals surface area contributed by atoms with E-state index in [4.69, 9.17) is 29.6 Å². The number of thiocarbonyl (C=S) groups is 1. The molecule has 8 heteroatoms. The highest BCUT2D eigenvalue weighted by atomic mass is 35.5. The summed E-state index contributed by atoms with van der Waals surface area (Å²) >= 11 is 11.7. The maximum absolute atomic E-state index is 12.3. The standard InChI is InChI=1S/C9H11ClN2O2S3/c10-7-3-4-8(16-7)17(13,14)12-5-1-2-6(12)9(11)15/h3-4,6H,1-2,5H2,(H2,11,15). The molecule has 2 N–H and O–H groups in total. The fourth-order valence-corrected chi connectivity index (χ4v) is 5.46. The molecule has 4 nitrogen and oxygen atoms in total. The van der Waals surface area contributed by atoms with E-state index in [1.165, 1.54) is 10.4 Å². The third kappa shape index (κ3) is 2.48. The number of halogens is 1. The SMILES string of the molecule is NC(=S)C1CCCN1S(=O)(=O)c1ccc(Cl)s1. The van der Waals surface area contributed by atoms with Crippen molar-refractivity contribution in [3.63, 3.8) is 0 Å². The first kappa shape index (κ1) is 13.2. The molecule has 1 unspecified atom stereocenters. The Bertz CT molecular complexity index is 540. The van der Waals surface area contributed by atoms with E-state index in [1.807, 2.05) is 0 Å². The molecule has 1 atom stereocenters. The summed E-state index contributed by atoms with van der Waals surface area (Å²) in [6, 6.07) is 2.72. The molecule has 1 fully saturated rings. The van der Waals surface area contributed by atoms with Crippen molar-refractivity contribution in [2.24, 2.45) is 5.73 Å². The molecular weight excluding hydrogens is 300 g/mol. The number of hydrogen-bond donors (Lipinski definition) is 1. The Morgan fingerprint density at radius 2 is 2.29 bits per heavy atom. The second kappa shape index (κ2) is 4.81. The lowest BCUT2D eigenvalue weighted by molar-refractivity contribution is 0.448. The van der Waals surface area contributed by atoms with Crippen molar-refractivity contribution in [3.05, 3.63) is 16.5 Å². The maximum Gasteiger partial charge on any atom is 0.253 e. The smallest absolute Gasteiger partial charge is 0.253 e. The van der Waals surface area contributed by atoms with Crippen molar-refractivity contribution >= 4 is 50.2 Å². The van der Waals surface area contributed by atoms with Crippen LogP contribution in [0.25, 0.3) is 0 Å². The normalized spacial score (nSPS) is 21.8. The fourth-order valence-electron chi connectivity index (χ4n) is 1.86. The van der Waals surface area contributed by atoms with E-state index < -0.39 is 10.0 Å². The molecule has 1 aliphatic heterocycles. The molecule has 0 aromatic carbocycles. The molecule has 2 heterocycles. The second-order valence-corrected chi connectivity index (χ2v) is 8.04. The Kier molecular flexibility index (Phi) is 3.74. The first-order valence-corrected chi connectivity index (χ1v) is 8.03. The topological polar surface area (TPSA) is 63.4 Å². The lowest BCUT2D eigenvalue weighted by Gasteiger charge is -2.22. The molecule has 0 aliphatic carbocycles. The summed E-state index contributed by atoms with van der Waals surface area (Å²) in [5.74, 6) is 0. The molecule has 94 valence electrons. The van der Waals surface area contributed by atoms with E-state index in [1.54, 1.807) is 6.07 Å². The number of rotatable bonds is 3. The van der Waals surface area contributed by atoms with Crippen LogP contribution in [-0.2, 0) is 10.0 Å². The van der Waals surface area contributed by atoms with Crippen LogP contribution in [0, 0.1) is 0 Å². The van der Waals surface area contributed by atoms with Crippen LogP contribution in [0.15, 0.2) is 16.3 Å². The van der Waals surface area contributed by atoms with E-state index in [0.717, 1.165) is 17.8 Å². The number of thiophene rings is 1. The molecule has 0 spiro atoms. The van der Waals surface area contributed by atoms with Gasteiger partial charge >= 0.3 is 0 Å². The first-order chi connectivity index (χ1) is 7.93. The van der Waals surface area contributed by atoms with Crippen molar-refractivity contribution in [2.75, 3.05) is 6.54 Å². The van der Waals surface area contributed by atoms with Crippen molar-refractivity contribution in [1.29, 1.82) is 0 Å². The molecule has 1 aromatic rings. The maximum atomic E-state index is 12.3. The highest BCUT2D eigenvalue weighted by Crippen LogP contribution is 2.32. The van der Waals surface area contributed by atoms with Crippen LogP contribution in [0.2, 0.25) is 4.34 Å². The van der Waals surface area contributed by atoms with Gasteiger partial charge in [-0.15, -0.1) is 11.3 Å². The predicted octanol–water partition coefficient (Wildman–Crippen LogP) is 1.84. The zero-order valence-electron chi connectivity index (χ0n) is 8.80.